The standard InChI is InChI=1S/C31H27N7O5S/c1-3-37-30(41)23(17-26(39)32-21-15-13-20(14-16-21)28-33-22-11-7-8-12-25(22)42-28)38(31(37)44)18-24-29(43-35-36(24)2)34-27(40)19-9-5-4-6-10-19/h4-16,23H,3,17-18H2,1-2H3,(H-,32,33,34,35,39,40). The lowest BCUT2D eigenvalue weighted by molar-refractivity contribution is -0.746. The highest BCUT2D eigenvalue weighted by Gasteiger charge is 2.44. The fraction of sp³-hybridized carbons (Fsp3) is 0.194. The number of thiocarbonyl (C=S) groups is 1. The highest BCUT2D eigenvalue weighted by atomic mass is 32.1. The van der Waals surface area contributed by atoms with E-state index in [-0.39, 0.29) is 35.8 Å². The van der Waals surface area contributed by atoms with Crippen molar-refractivity contribution in [2.75, 3.05) is 11.9 Å². The van der Waals surface area contributed by atoms with Gasteiger partial charge in [-0.15, -0.1) is 0 Å². The van der Waals surface area contributed by atoms with Crippen LogP contribution in [0.3, 0.4) is 0 Å². The van der Waals surface area contributed by atoms with Gasteiger partial charge in [0.25, 0.3) is 11.6 Å². The summed E-state index contributed by atoms with van der Waals surface area (Å²) in [7, 11) is 1.63. The van der Waals surface area contributed by atoms with Crippen LogP contribution >= 0.6 is 12.2 Å². The largest absolute Gasteiger partial charge is 0.858 e. The van der Waals surface area contributed by atoms with Crippen molar-refractivity contribution >= 4 is 57.7 Å². The van der Waals surface area contributed by atoms with Crippen LogP contribution in [0.25, 0.3) is 22.6 Å². The number of oxazole rings is 1. The van der Waals surface area contributed by atoms with Gasteiger partial charge >= 0.3 is 5.88 Å². The van der Waals surface area contributed by atoms with Gasteiger partial charge in [0, 0.05) is 17.8 Å². The lowest BCUT2D eigenvalue weighted by Gasteiger charge is -2.21. The predicted octanol–water partition coefficient (Wildman–Crippen LogP) is 3.09. The molecule has 1 saturated heterocycles. The van der Waals surface area contributed by atoms with Gasteiger partial charge in [0.05, 0.1) is 6.42 Å². The van der Waals surface area contributed by atoms with Gasteiger partial charge < -0.3 is 19.7 Å². The fourth-order valence-corrected chi connectivity index (χ4v) is 5.35. The van der Waals surface area contributed by atoms with Gasteiger partial charge in [-0.05, 0) is 71.7 Å². The Balaban J connectivity index is 1.18. The minimum atomic E-state index is -0.881. The van der Waals surface area contributed by atoms with Gasteiger partial charge in [0.15, 0.2) is 17.7 Å². The van der Waals surface area contributed by atoms with Gasteiger partial charge in [0.1, 0.15) is 18.1 Å². The van der Waals surface area contributed by atoms with E-state index in [1.54, 1.807) is 66.5 Å². The summed E-state index contributed by atoms with van der Waals surface area (Å²) in [6.07, 6.45) is -0.160. The number of rotatable bonds is 9. The second kappa shape index (κ2) is 12.1. The molecule has 0 aliphatic carbocycles. The van der Waals surface area contributed by atoms with E-state index in [1.807, 2.05) is 31.2 Å². The summed E-state index contributed by atoms with van der Waals surface area (Å²) in [5, 5.41) is 19.8. The van der Waals surface area contributed by atoms with E-state index in [1.165, 1.54) is 9.58 Å². The summed E-state index contributed by atoms with van der Waals surface area (Å²) in [4.78, 5) is 38.2. The zero-order valence-electron chi connectivity index (χ0n) is 23.8. The number of hydrogen-bond acceptors (Lipinski definition) is 9. The monoisotopic (exact) mass is 609 g/mol. The van der Waals surface area contributed by atoms with Gasteiger partial charge in [-0.2, -0.15) is 0 Å². The number of carbonyl (C=O) groups excluding carboxylic acids is 2. The van der Waals surface area contributed by atoms with Crippen LogP contribution in [0.2, 0.25) is 0 Å². The molecular formula is C31H27N7O5S. The number of fused-ring (bicyclic) bond motifs is 1. The first-order valence-electron chi connectivity index (χ1n) is 13.9. The molecule has 1 atom stereocenters. The molecule has 1 unspecified atom stereocenters. The Morgan fingerprint density at radius 2 is 1.82 bits per heavy atom. The average molecular weight is 610 g/mol. The van der Waals surface area contributed by atoms with Crippen molar-refractivity contribution in [2.24, 2.45) is 12.0 Å². The third-order valence-corrected chi connectivity index (χ3v) is 7.69. The molecule has 5 aromatic rings. The van der Waals surface area contributed by atoms with Gasteiger partial charge in [0.2, 0.25) is 17.1 Å². The second-order valence-electron chi connectivity index (χ2n) is 10.1. The molecule has 2 aromatic heterocycles. The van der Waals surface area contributed by atoms with Crippen molar-refractivity contribution in [3.8, 4) is 11.5 Å². The third-order valence-electron chi connectivity index (χ3n) is 7.24. The average Bonchev–Trinajstić information content (AvgIpc) is 3.68. The maximum absolute atomic E-state index is 13.4. The first-order chi connectivity index (χ1) is 21.3. The molecule has 44 heavy (non-hydrogen) atoms. The Labute approximate surface area is 257 Å². The minimum absolute atomic E-state index is 0.00575. The normalized spacial score (nSPS) is 15.4. The van der Waals surface area contributed by atoms with Crippen LogP contribution in [0.1, 0.15) is 24.6 Å². The molecule has 222 valence electrons. The van der Waals surface area contributed by atoms with Crippen LogP contribution in [-0.4, -0.2) is 55.5 Å². The highest BCUT2D eigenvalue weighted by molar-refractivity contribution is 7.80. The number of hydrogen-bond donors (Lipinski definition) is 1. The molecule has 12 nitrogen and oxygen atoms in total. The number of amides is 2. The molecule has 0 bridgehead atoms. The number of para-hydroxylation sites is 2. The molecule has 0 saturated carbocycles. The predicted molar refractivity (Wildman–Crippen MR) is 162 cm³/mol. The fourth-order valence-electron chi connectivity index (χ4n) is 4.94. The van der Waals surface area contributed by atoms with E-state index in [4.69, 9.17) is 21.2 Å². The lowest BCUT2D eigenvalue weighted by atomic mass is 10.1. The van der Waals surface area contributed by atoms with Crippen molar-refractivity contribution in [3.05, 3.63) is 90.1 Å². The number of aliphatic imine (C=N–C) groups is 1. The zero-order chi connectivity index (χ0) is 30.8. The molecular weight excluding hydrogens is 582 g/mol. The molecule has 3 aromatic carbocycles. The maximum Gasteiger partial charge on any atom is 0.325 e. The Morgan fingerprint density at radius 3 is 2.55 bits per heavy atom. The smallest absolute Gasteiger partial charge is 0.325 e. The molecule has 1 aliphatic rings. The number of likely N-dealkylation sites (N-methyl/N-ethyl adjacent to an activating group) is 1. The van der Waals surface area contributed by atoms with Crippen molar-refractivity contribution in [2.45, 2.75) is 25.9 Å². The summed E-state index contributed by atoms with van der Waals surface area (Å²) >= 11 is 5.63. The van der Waals surface area contributed by atoms with E-state index in [9.17, 15) is 14.7 Å². The molecule has 0 radical (unpaired) electrons. The topological polar surface area (TPSA) is 144 Å². The number of nitrogens with one attached hydrogen (secondary N) is 1. The van der Waals surface area contributed by atoms with Crippen LogP contribution in [0, 0.1) is 0 Å². The Kier molecular flexibility index (Phi) is 7.85. The quantitative estimate of drug-likeness (QED) is 0.115. The van der Waals surface area contributed by atoms with Crippen molar-refractivity contribution in [1.82, 2.24) is 20.1 Å². The summed E-state index contributed by atoms with van der Waals surface area (Å²) < 4.78 is 12.6. The molecule has 6 rings (SSSR count). The summed E-state index contributed by atoms with van der Waals surface area (Å²) in [5.74, 6) is -0.701. The number of aromatic nitrogens is 3. The van der Waals surface area contributed by atoms with Crippen LogP contribution in [0.15, 0.2) is 92.8 Å². The number of benzene rings is 3. The number of carbonyl (C=O) groups is 2. The number of aryl methyl sites for hydroxylation is 1. The third kappa shape index (κ3) is 5.64. The Morgan fingerprint density at radius 1 is 1.09 bits per heavy atom. The van der Waals surface area contributed by atoms with Crippen molar-refractivity contribution in [3.63, 3.8) is 0 Å². The van der Waals surface area contributed by atoms with E-state index in [0.29, 0.717) is 35.0 Å². The highest BCUT2D eigenvalue weighted by Crippen LogP contribution is 2.28. The maximum atomic E-state index is 13.4. The number of anilines is 1. The van der Waals surface area contributed by atoms with Crippen LogP contribution < -0.4 is 15.1 Å². The van der Waals surface area contributed by atoms with Crippen LogP contribution in [0.5, 0.6) is 0 Å². The second-order valence-corrected chi connectivity index (χ2v) is 10.4. The molecule has 13 heteroatoms. The minimum Gasteiger partial charge on any atom is -0.858 e. The number of nitrogens with zero attached hydrogens (tertiary/aromatic N) is 6. The summed E-state index contributed by atoms with van der Waals surface area (Å²) in [6.45, 7) is 2.18. The van der Waals surface area contributed by atoms with Gasteiger partial charge in [-0.1, -0.05) is 42.5 Å². The zero-order valence-corrected chi connectivity index (χ0v) is 24.7. The van der Waals surface area contributed by atoms with Gasteiger partial charge in [-0.3, -0.25) is 19.0 Å². The summed E-state index contributed by atoms with van der Waals surface area (Å²) in [5.41, 5.74) is 3.56. The van der Waals surface area contributed by atoms with Crippen molar-refractivity contribution in [1.29, 1.82) is 0 Å². The first-order valence-corrected chi connectivity index (χ1v) is 14.3. The van der Waals surface area contributed by atoms with E-state index in [2.05, 4.69) is 20.6 Å². The van der Waals surface area contributed by atoms with Crippen molar-refractivity contribution < 1.29 is 28.3 Å². The van der Waals surface area contributed by atoms with Crippen LogP contribution in [-0.2, 0) is 23.2 Å². The molecule has 2 amide bonds. The van der Waals surface area contributed by atoms with E-state index in [0.717, 1.165) is 11.1 Å². The van der Waals surface area contributed by atoms with E-state index >= 15 is 0 Å². The van der Waals surface area contributed by atoms with Gasteiger partial charge in [-0.25, -0.2) is 9.98 Å². The molecule has 1 aliphatic heterocycles. The van der Waals surface area contributed by atoms with E-state index < -0.39 is 11.9 Å². The molecule has 1 N–H and O–H groups in total. The van der Waals surface area contributed by atoms with Crippen LogP contribution in [0.4, 0.5) is 11.6 Å². The molecule has 1 fully saturated rings. The SMILES string of the molecule is CCN1C(=O)C(CC(=O)Nc2ccc(-c3nc4ccccc4o3)cc2)N(Cc2c(/N=C(\[O-])c3ccccc3)on[n+]2C)C1=S. The Hall–Kier alpha value is -5.43. The Bertz CT molecular complexity index is 1850. The molecule has 3 heterocycles. The summed E-state index contributed by atoms with van der Waals surface area (Å²) in [6, 6.07) is 22.3. The lowest BCUT2D eigenvalue weighted by Crippen LogP contribution is -2.42. The molecule has 0 spiro atoms. The first kappa shape index (κ1) is 28.7.